The average molecular weight is 402 g/mol. The molecule has 1 aliphatic rings. The minimum Gasteiger partial charge on any atom is -0.268 e. The monoisotopic (exact) mass is 401 g/mol. The van der Waals surface area contributed by atoms with Gasteiger partial charge in [0.05, 0.1) is 10.9 Å². The van der Waals surface area contributed by atoms with Crippen LogP contribution in [0.15, 0.2) is 75.9 Å². The second kappa shape index (κ2) is 8.16. The number of benzene rings is 2. The van der Waals surface area contributed by atoms with Crippen molar-refractivity contribution in [2.75, 3.05) is 0 Å². The second-order valence-electron chi connectivity index (χ2n) is 5.65. The minimum absolute atomic E-state index is 0.261. The molecule has 1 atom stereocenters. The van der Waals surface area contributed by atoms with E-state index in [0.717, 1.165) is 27.1 Å². The lowest BCUT2D eigenvalue weighted by Crippen LogP contribution is -2.35. The summed E-state index contributed by atoms with van der Waals surface area (Å²) in [6, 6.07) is 15.2. The van der Waals surface area contributed by atoms with Crippen molar-refractivity contribution in [1.82, 2.24) is 4.90 Å². The molecule has 26 heavy (non-hydrogen) atoms. The van der Waals surface area contributed by atoms with Gasteiger partial charge in [-0.3, -0.25) is 14.5 Å². The van der Waals surface area contributed by atoms with Crippen LogP contribution >= 0.6 is 35.1 Å². The number of carbonyl (C=O) groups is 2. The number of imide groups is 1. The maximum atomic E-state index is 12.4. The van der Waals surface area contributed by atoms with E-state index in [0.29, 0.717) is 9.93 Å². The van der Waals surface area contributed by atoms with Crippen molar-refractivity contribution in [3.63, 3.8) is 0 Å². The van der Waals surface area contributed by atoms with Gasteiger partial charge in [-0.1, -0.05) is 41.6 Å². The molecule has 0 N–H and O–H groups in total. The molecular formula is C20H16ClNO2S2. The van der Waals surface area contributed by atoms with E-state index in [9.17, 15) is 9.59 Å². The van der Waals surface area contributed by atoms with E-state index in [2.05, 4.69) is 6.58 Å². The molecule has 0 radical (unpaired) electrons. The molecule has 0 bridgehead atoms. The molecule has 3 rings (SSSR count). The van der Waals surface area contributed by atoms with Crippen molar-refractivity contribution in [1.29, 1.82) is 0 Å². The van der Waals surface area contributed by atoms with E-state index in [4.69, 9.17) is 11.6 Å². The van der Waals surface area contributed by atoms with Gasteiger partial charge in [-0.2, -0.15) is 0 Å². The number of nitrogens with zero attached hydrogens (tertiary/aromatic N) is 1. The van der Waals surface area contributed by atoms with Gasteiger partial charge in [0.1, 0.15) is 0 Å². The largest absolute Gasteiger partial charge is 0.294 e. The molecule has 2 aromatic carbocycles. The summed E-state index contributed by atoms with van der Waals surface area (Å²) in [7, 11) is 0. The van der Waals surface area contributed by atoms with Gasteiger partial charge in [-0.15, -0.1) is 6.58 Å². The molecule has 3 nitrogen and oxygen atoms in total. The highest BCUT2D eigenvalue weighted by atomic mass is 35.5. The highest BCUT2D eigenvalue weighted by Crippen LogP contribution is 2.34. The number of amides is 2. The van der Waals surface area contributed by atoms with Gasteiger partial charge in [-0.25, -0.2) is 0 Å². The molecule has 1 fully saturated rings. The van der Waals surface area contributed by atoms with E-state index in [1.54, 1.807) is 30.8 Å². The Morgan fingerprint density at radius 1 is 1.08 bits per heavy atom. The maximum absolute atomic E-state index is 12.4. The summed E-state index contributed by atoms with van der Waals surface area (Å²) in [5, 5.41) is 0.452. The fraction of sp³-hybridized carbons (Fsp3) is 0.100. The first-order chi connectivity index (χ1) is 12.5. The van der Waals surface area contributed by atoms with Crippen LogP contribution in [-0.4, -0.2) is 22.1 Å². The van der Waals surface area contributed by atoms with E-state index in [-0.39, 0.29) is 17.2 Å². The summed E-state index contributed by atoms with van der Waals surface area (Å²) in [5.41, 5.74) is 0.877. The van der Waals surface area contributed by atoms with E-state index >= 15 is 0 Å². The summed E-state index contributed by atoms with van der Waals surface area (Å²) in [5.74, 6) is -0.271. The molecule has 2 aromatic rings. The van der Waals surface area contributed by atoms with Crippen molar-refractivity contribution < 1.29 is 9.59 Å². The summed E-state index contributed by atoms with van der Waals surface area (Å²) in [4.78, 5) is 28.3. The number of thioether (sulfide) groups is 1. The molecule has 0 unspecified atom stereocenters. The summed E-state index contributed by atoms with van der Waals surface area (Å²) in [6.45, 7) is 5.42. The quantitative estimate of drug-likeness (QED) is 0.448. The Labute approximate surface area is 166 Å². The van der Waals surface area contributed by atoms with Crippen molar-refractivity contribution in [3.8, 4) is 0 Å². The normalized spacial score (nSPS) is 17.0. The first-order valence-corrected chi connectivity index (χ1v) is 9.92. The van der Waals surface area contributed by atoms with E-state index in [1.165, 1.54) is 4.90 Å². The zero-order valence-corrected chi connectivity index (χ0v) is 16.4. The number of halogens is 1. The van der Waals surface area contributed by atoms with Crippen molar-refractivity contribution >= 4 is 52.3 Å². The lowest BCUT2D eigenvalue weighted by atomic mass is 10.2. The van der Waals surface area contributed by atoms with Crippen LogP contribution in [0.25, 0.3) is 6.08 Å². The predicted molar refractivity (Wildman–Crippen MR) is 109 cm³/mol. The van der Waals surface area contributed by atoms with Crippen LogP contribution in [0, 0.1) is 0 Å². The third kappa shape index (κ3) is 4.23. The molecule has 0 spiro atoms. The van der Waals surface area contributed by atoms with Crippen LogP contribution in [0.5, 0.6) is 0 Å². The third-order valence-corrected chi connectivity index (χ3v) is 5.95. The molecule has 2 amide bonds. The Bertz CT molecular complexity index is 876. The van der Waals surface area contributed by atoms with Crippen molar-refractivity contribution in [3.05, 3.63) is 76.7 Å². The van der Waals surface area contributed by atoms with Gasteiger partial charge in [0.2, 0.25) is 0 Å². The summed E-state index contributed by atoms with van der Waals surface area (Å²) in [6.07, 6.45) is 3.33. The molecule has 1 aliphatic heterocycles. The highest BCUT2D eigenvalue weighted by molar-refractivity contribution is 8.18. The van der Waals surface area contributed by atoms with Crippen LogP contribution in [0.4, 0.5) is 4.79 Å². The summed E-state index contributed by atoms with van der Waals surface area (Å²) < 4.78 is 0. The molecule has 6 heteroatoms. The average Bonchev–Trinajstić information content (AvgIpc) is 2.91. The maximum Gasteiger partial charge on any atom is 0.294 e. The molecule has 1 saturated heterocycles. The lowest BCUT2D eigenvalue weighted by Gasteiger charge is -2.17. The fourth-order valence-electron chi connectivity index (χ4n) is 2.36. The first kappa shape index (κ1) is 18.8. The number of carbonyl (C=O) groups excluding carboxylic acids is 2. The second-order valence-corrected chi connectivity index (χ2v) is 8.23. The third-order valence-electron chi connectivity index (χ3n) is 3.80. The van der Waals surface area contributed by atoms with Crippen LogP contribution in [0.1, 0.15) is 12.5 Å². The van der Waals surface area contributed by atoms with Crippen molar-refractivity contribution in [2.24, 2.45) is 0 Å². The standard InChI is InChI=1S/C20H16ClNO2S2/c1-3-13(2)22-19(23)18(26-20(22)24)12-14-4-8-16(9-5-14)25-17-10-6-15(21)7-11-17/h3-13H,1H2,2H3/b18-12-/t13-/m0/s1. The van der Waals surface area contributed by atoms with Crippen LogP contribution in [0.3, 0.4) is 0 Å². The topological polar surface area (TPSA) is 37.4 Å². The minimum atomic E-state index is -0.313. The smallest absolute Gasteiger partial charge is 0.268 e. The molecule has 0 aromatic heterocycles. The van der Waals surface area contributed by atoms with Crippen molar-refractivity contribution in [2.45, 2.75) is 22.8 Å². The van der Waals surface area contributed by atoms with Gasteiger partial charge in [0, 0.05) is 14.8 Å². The van der Waals surface area contributed by atoms with Gasteiger partial charge in [-0.05, 0) is 66.7 Å². The fourth-order valence-corrected chi connectivity index (χ4v) is 4.22. The lowest BCUT2D eigenvalue weighted by molar-refractivity contribution is -0.123. The SMILES string of the molecule is C=C[C@H](C)N1C(=O)S/C(=C\c2ccc(Sc3ccc(Cl)cc3)cc2)C1=O. The number of rotatable bonds is 5. The van der Waals surface area contributed by atoms with Crippen LogP contribution < -0.4 is 0 Å². The molecule has 1 heterocycles. The Morgan fingerprint density at radius 2 is 1.65 bits per heavy atom. The Kier molecular flexibility index (Phi) is 5.91. The number of hydrogen-bond acceptors (Lipinski definition) is 4. The zero-order chi connectivity index (χ0) is 18.7. The Hall–Kier alpha value is -1.95. The predicted octanol–water partition coefficient (Wildman–Crippen LogP) is 6.10. The molecule has 132 valence electrons. The molecule has 0 saturated carbocycles. The van der Waals surface area contributed by atoms with Gasteiger partial charge >= 0.3 is 0 Å². The zero-order valence-electron chi connectivity index (χ0n) is 14.0. The Balaban J connectivity index is 1.73. The highest BCUT2D eigenvalue weighted by Gasteiger charge is 2.37. The van der Waals surface area contributed by atoms with Crippen LogP contribution in [-0.2, 0) is 4.79 Å². The molecular weight excluding hydrogens is 386 g/mol. The van der Waals surface area contributed by atoms with E-state index in [1.807, 2.05) is 48.5 Å². The Morgan fingerprint density at radius 3 is 2.23 bits per heavy atom. The number of hydrogen-bond donors (Lipinski definition) is 0. The van der Waals surface area contributed by atoms with E-state index < -0.39 is 0 Å². The van der Waals surface area contributed by atoms with Crippen LogP contribution in [0.2, 0.25) is 5.02 Å². The van der Waals surface area contributed by atoms with Gasteiger partial charge in [0.15, 0.2) is 0 Å². The van der Waals surface area contributed by atoms with Gasteiger partial charge in [0.25, 0.3) is 11.1 Å². The summed E-state index contributed by atoms with van der Waals surface area (Å²) >= 11 is 8.49. The first-order valence-electron chi connectivity index (χ1n) is 7.91. The molecule has 0 aliphatic carbocycles. The van der Waals surface area contributed by atoms with Gasteiger partial charge < -0.3 is 0 Å².